The number of hydrogen-bond acceptors (Lipinski definition) is 4. The van der Waals surface area contributed by atoms with Crippen LogP contribution in [0.25, 0.3) is 5.69 Å². The highest BCUT2D eigenvalue weighted by Crippen LogP contribution is 2.08. The Hall–Kier alpha value is -2.21. The lowest BCUT2D eigenvalue weighted by molar-refractivity contribution is 0.0657. The number of para-hydroxylation sites is 1. The number of rotatable bonds is 2. The highest BCUT2D eigenvalue weighted by Gasteiger charge is 2.22. The molecular weight excluding hydrogens is 254 g/mol. The summed E-state index contributed by atoms with van der Waals surface area (Å²) in [7, 11) is 2.06. The van der Waals surface area contributed by atoms with E-state index in [1.165, 1.54) is 11.0 Å². The predicted molar refractivity (Wildman–Crippen MR) is 74.8 cm³/mol. The molecule has 2 heterocycles. The molecule has 1 saturated heterocycles. The Labute approximate surface area is 117 Å². The summed E-state index contributed by atoms with van der Waals surface area (Å²) in [6.07, 6.45) is 1.54. The molecule has 104 valence electrons. The summed E-state index contributed by atoms with van der Waals surface area (Å²) in [4.78, 5) is 17.9. The SMILES string of the molecule is CN1CCN(C(=O)c2cnn(-c3ccccc3)n2)CC1. The molecule has 0 aliphatic carbocycles. The third-order valence-corrected chi connectivity index (χ3v) is 3.49. The fraction of sp³-hybridized carbons (Fsp3) is 0.357. The van der Waals surface area contributed by atoms with Crippen LogP contribution >= 0.6 is 0 Å². The van der Waals surface area contributed by atoms with Crippen LogP contribution in [-0.2, 0) is 0 Å². The Morgan fingerprint density at radius 3 is 2.50 bits per heavy atom. The van der Waals surface area contributed by atoms with Crippen LogP contribution in [0.2, 0.25) is 0 Å². The summed E-state index contributed by atoms with van der Waals surface area (Å²) in [5.41, 5.74) is 1.25. The van der Waals surface area contributed by atoms with Crippen LogP contribution in [0, 0.1) is 0 Å². The van der Waals surface area contributed by atoms with Crippen molar-refractivity contribution in [1.29, 1.82) is 0 Å². The van der Waals surface area contributed by atoms with Gasteiger partial charge in [0.25, 0.3) is 5.91 Å². The van der Waals surface area contributed by atoms with Crippen LogP contribution in [0.15, 0.2) is 36.5 Å². The van der Waals surface area contributed by atoms with Gasteiger partial charge in [-0.2, -0.15) is 9.90 Å². The number of benzene rings is 1. The van der Waals surface area contributed by atoms with E-state index in [9.17, 15) is 4.79 Å². The molecule has 1 amide bonds. The summed E-state index contributed by atoms with van der Waals surface area (Å²) in [5, 5.41) is 8.44. The van der Waals surface area contributed by atoms with Crippen molar-refractivity contribution >= 4 is 5.91 Å². The van der Waals surface area contributed by atoms with Gasteiger partial charge in [-0.25, -0.2) is 0 Å². The smallest absolute Gasteiger partial charge is 0.276 e. The van der Waals surface area contributed by atoms with E-state index in [1.807, 2.05) is 35.2 Å². The Kier molecular flexibility index (Phi) is 3.47. The van der Waals surface area contributed by atoms with Gasteiger partial charge in [-0.15, -0.1) is 5.10 Å². The topological polar surface area (TPSA) is 54.3 Å². The number of carbonyl (C=O) groups excluding carboxylic acids is 1. The normalized spacial score (nSPS) is 16.4. The largest absolute Gasteiger partial charge is 0.335 e. The zero-order valence-electron chi connectivity index (χ0n) is 11.4. The number of amides is 1. The third-order valence-electron chi connectivity index (χ3n) is 3.49. The number of piperazine rings is 1. The van der Waals surface area contributed by atoms with Gasteiger partial charge in [0.15, 0.2) is 5.69 Å². The second kappa shape index (κ2) is 5.42. The van der Waals surface area contributed by atoms with Crippen molar-refractivity contribution in [3.05, 3.63) is 42.2 Å². The highest BCUT2D eigenvalue weighted by atomic mass is 16.2. The van der Waals surface area contributed by atoms with E-state index < -0.39 is 0 Å². The average molecular weight is 271 g/mol. The number of likely N-dealkylation sites (N-methyl/N-ethyl adjacent to an activating group) is 1. The monoisotopic (exact) mass is 271 g/mol. The molecule has 2 aromatic rings. The van der Waals surface area contributed by atoms with Gasteiger partial charge in [-0.1, -0.05) is 18.2 Å². The minimum absolute atomic E-state index is 0.0414. The maximum atomic E-state index is 12.3. The molecule has 1 aromatic heterocycles. The standard InChI is InChI=1S/C14H17N5O/c1-17-7-9-18(10-8-17)14(20)13-11-15-19(16-13)12-5-3-2-4-6-12/h2-6,11H,7-10H2,1H3. The van der Waals surface area contributed by atoms with Crippen molar-refractivity contribution in [3.8, 4) is 5.69 Å². The first-order valence-corrected chi connectivity index (χ1v) is 6.69. The third kappa shape index (κ3) is 2.55. The van der Waals surface area contributed by atoms with Crippen LogP contribution in [0.4, 0.5) is 0 Å². The zero-order valence-corrected chi connectivity index (χ0v) is 11.4. The van der Waals surface area contributed by atoms with Crippen molar-refractivity contribution in [2.75, 3.05) is 33.2 Å². The van der Waals surface area contributed by atoms with Gasteiger partial charge in [-0.05, 0) is 19.2 Å². The van der Waals surface area contributed by atoms with Crippen LogP contribution in [-0.4, -0.2) is 63.9 Å². The van der Waals surface area contributed by atoms with E-state index in [0.29, 0.717) is 5.69 Å². The molecular formula is C14H17N5O. The molecule has 1 aliphatic rings. The fourth-order valence-corrected chi connectivity index (χ4v) is 2.22. The van der Waals surface area contributed by atoms with Gasteiger partial charge >= 0.3 is 0 Å². The number of carbonyl (C=O) groups is 1. The first-order chi connectivity index (χ1) is 9.74. The minimum atomic E-state index is -0.0414. The lowest BCUT2D eigenvalue weighted by Gasteiger charge is -2.31. The van der Waals surface area contributed by atoms with E-state index in [4.69, 9.17) is 0 Å². The van der Waals surface area contributed by atoms with Crippen molar-refractivity contribution in [1.82, 2.24) is 24.8 Å². The van der Waals surface area contributed by atoms with Gasteiger partial charge in [0.05, 0.1) is 11.9 Å². The molecule has 0 atom stereocenters. The molecule has 1 aromatic carbocycles. The van der Waals surface area contributed by atoms with Crippen LogP contribution in [0.1, 0.15) is 10.5 Å². The van der Waals surface area contributed by atoms with Gasteiger partial charge < -0.3 is 9.80 Å². The first kappa shape index (κ1) is 12.8. The summed E-state index contributed by atoms with van der Waals surface area (Å²) in [6.45, 7) is 3.29. The molecule has 0 bridgehead atoms. The van der Waals surface area contributed by atoms with Crippen LogP contribution in [0.3, 0.4) is 0 Å². The molecule has 0 saturated carbocycles. The average Bonchev–Trinajstić information content (AvgIpc) is 2.98. The zero-order chi connectivity index (χ0) is 13.9. The van der Waals surface area contributed by atoms with Crippen LogP contribution < -0.4 is 0 Å². The summed E-state index contributed by atoms with van der Waals surface area (Å²) in [5.74, 6) is -0.0414. The lowest BCUT2D eigenvalue weighted by Crippen LogP contribution is -2.47. The van der Waals surface area contributed by atoms with E-state index in [2.05, 4.69) is 22.1 Å². The second-order valence-corrected chi connectivity index (χ2v) is 4.95. The highest BCUT2D eigenvalue weighted by molar-refractivity contribution is 5.92. The molecule has 1 fully saturated rings. The van der Waals surface area contributed by atoms with Crippen LogP contribution in [0.5, 0.6) is 0 Å². The molecule has 6 nitrogen and oxygen atoms in total. The number of aromatic nitrogens is 3. The number of nitrogens with zero attached hydrogens (tertiary/aromatic N) is 5. The van der Waals surface area contributed by atoms with Gasteiger partial charge in [0.1, 0.15) is 0 Å². The summed E-state index contributed by atoms with van der Waals surface area (Å²) in [6, 6.07) is 9.58. The summed E-state index contributed by atoms with van der Waals surface area (Å²) >= 11 is 0. The minimum Gasteiger partial charge on any atom is -0.335 e. The quantitative estimate of drug-likeness (QED) is 0.805. The Morgan fingerprint density at radius 2 is 1.80 bits per heavy atom. The maximum Gasteiger partial charge on any atom is 0.276 e. The molecule has 0 spiro atoms. The Balaban J connectivity index is 1.75. The van der Waals surface area contributed by atoms with Gasteiger partial charge in [-0.3, -0.25) is 4.79 Å². The molecule has 3 rings (SSSR count). The fourth-order valence-electron chi connectivity index (χ4n) is 2.22. The summed E-state index contributed by atoms with van der Waals surface area (Å²) < 4.78 is 0. The molecule has 1 aliphatic heterocycles. The molecule has 0 radical (unpaired) electrons. The van der Waals surface area contributed by atoms with Crippen molar-refractivity contribution < 1.29 is 4.79 Å². The van der Waals surface area contributed by atoms with Crippen molar-refractivity contribution in [3.63, 3.8) is 0 Å². The van der Waals surface area contributed by atoms with E-state index >= 15 is 0 Å². The maximum absolute atomic E-state index is 12.3. The molecule has 0 N–H and O–H groups in total. The Bertz CT molecular complexity index is 587. The Morgan fingerprint density at radius 1 is 1.10 bits per heavy atom. The van der Waals surface area contributed by atoms with E-state index in [1.54, 1.807) is 0 Å². The van der Waals surface area contributed by atoms with E-state index in [0.717, 1.165) is 31.9 Å². The number of hydrogen-bond donors (Lipinski definition) is 0. The molecule has 6 heteroatoms. The lowest BCUT2D eigenvalue weighted by atomic mass is 10.3. The molecule has 0 unspecified atom stereocenters. The first-order valence-electron chi connectivity index (χ1n) is 6.69. The molecule has 20 heavy (non-hydrogen) atoms. The van der Waals surface area contributed by atoms with E-state index in [-0.39, 0.29) is 5.91 Å². The van der Waals surface area contributed by atoms with Gasteiger partial charge in [0, 0.05) is 26.2 Å². The second-order valence-electron chi connectivity index (χ2n) is 4.95. The van der Waals surface area contributed by atoms with Gasteiger partial charge in [0.2, 0.25) is 0 Å². The van der Waals surface area contributed by atoms with Crippen molar-refractivity contribution in [2.45, 2.75) is 0 Å². The van der Waals surface area contributed by atoms with Crippen molar-refractivity contribution in [2.24, 2.45) is 0 Å². The predicted octanol–water partition coefficient (Wildman–Crippen LogP) is 0.655.